The second kappa shape index (κ2) is 7.43. The third-order valence-corrected chi connectivity index (χ3v) is 4.72. The summed E-state index contributed by atoms with van der Waals surface area (Å²) in [5.41, 5.74) is 2.98. The molecular formula is C21H15Cl2N3O. The summed E-state index contributed by atoms with van der Waals surface area (Å²) < 4.78 is 0. The Bertz CT molecular complexity index is 1040. The van der Waals surface area contributed by atoms with E-state index in [-0.39, 0.29) is 5.91 Å². The first-order valence-electron chi connectivity index (χ1n) is 8.36. The van der Waals surface area contributed by atoms with Crippen molar-refractivity contribution in [2.45, 2.75) is 6.17 Å². The summed E-state index contributed by atoms with van der Waals surface area (Å²) in [4.78, 5) is 13.1. The van der Waals surface area contributed by atoms with Crippen molar-refractivity contribution in [1.29, 1.82) is 0 Å². The molecule has 0 unspecified atom stereocenters. The van der Waals surface area contributed by atoms with E-state index in [4.69, 9.17) is 23.2 Å². The van der Waals surface area contributed by atoms with Gasteiger partial charge in [-0.15, -0.1) is 0 Å². The molecule has 0 saturated heterocycles. The Morgan fingerprint density at radius 2 is 1.67 bits per heavy atom. The molecule has 3 aromatic carbocycles. The Morgan fingerprint density at radius 1 is 0.926 bits per heavy atom. The van der Waals surface area contributed by atoms with E-state index in [1.54, 1.807) is 30.5 Å². The number of rotatable bonds is 3. The van der Waals surface area contributed by atoms with E-state index in [2.05, 4.69) is 10.4 Å². The molecule has 0 radical (unpaired) electrons. The maximum atomic E-state index is 13.1. The monoisotopic (exact) mass is 395 g/mol. The maximum absolute atomic E-state index is 13.1. The maximum Gasteiger partial charge on any atom is 0.278 e. The second-order valence-electron chi connectivity index (χ2n) is 6.10. The first kappa shape index (κ1) is 17.6. The van der Waals surface area contributed by atoms with Crippen LogP contribution in [0.1, 0.15) is 27.7 Å². The van der Waals surface area contributed by atoms with Gasteiger partial charge in [0.2, 0.25) is 0 Å². The zero-order valence-corrected chi connectivity index (χ0v) is 15.7. The summed E-state index contributed by atoms with van der Waals surface area (Å²) in [6, 6.07) is 22.0. The minimum atomic E-state index is -0.471. The van der Waals surface area contributed by atoms with Crippen molar-refractivity contribution >= 4 is 41.0 Å². The van der Waals surface area contributed by atoms with E-state index < -0.39 is 6.17 Å². The molecule has 0 aliphatic carbocycles. The van der Waals surface area contributed by atoms with Crippen molar-refractivity contribution in [3.63, 3.8) is 0 Å². The second-order valence-corrected chi connectivity index (χ2v) is 6.97. The smallest absolute Gasteiger partial charge is 0.278 e. The zero-order valence-electron chi connectivity index (χ0n) is 14.1. The topological polar surface area (TPSA) is 44.7 Å². The van der Waals surface area contributed by atoms with Crippen LogP contribution >= 0.6 is 23.2 Å². The minimum Gasteiger partial charge on any atom is -0.359 e. The number of anilines is 1. The highest BCUT2D eigenvalue weighted by atomic mass is 35.5. The Morgan fingerprint density at radius 3 is 2.44 bits per heavy atom. The quantitative estimate of drug-likeness (QED) is 0.587. The van der Waals surface area contributed by atoms with Gasteiger partial charge < -0.3 is 5.32 Å². The molecule has 0 spiro atoms. The summed E-state index contributed by atoms with van der Waals surface area (Å²) in [6.07, 6.45) is 1.15. The van der Waals surface area contributed by atoms with E-state index in [0.717, 1.165) is 16.8 Å². The van der Waals surface area contributed by atoms with E-state index in [1.807, 2.05) is 48.5 Å². The third-order valence-electron chi connectivity index (χ3n) is 4.25. The van der Waals surface area contributed by atoms with E-state index in [9.17, 15) is 4.79 Å². The SMILES string of the molecule is O=C1c2ccccc2N[C@H](c2cccc(Cl)c2)N1N=Cc1cccc(Cl)c1. The fourth-order valence-corrected chi connectivity index (χ4v) is 3.38. The molecule has 1 N–H and O–H groups in total. The fraction of sp³-hybridized carbons (Fsp3) is 0.0476. The summed E-state index contributed by atoms with van der Waals surface area (Å²) in [5.74, 6) is -0.187. The van der Waals surface area contributed by atoms with Gasteiger partial charge in [0.25, 0.3) is 5.91 Å². The number of benzene rings is 3. The average molecular weight is 396 g/mol. The number of carbonyl (C=O) groups excluding carboxylic acids is 1. The zero-order chi connectivity index (χ0) is 18.8. The van der Waals surface area contributed by atoms with Crippen molar-refractivity contribution in [2.24, 2.45) is 5.10 Å². The number of hydrogen-bond acceptors (Lipinski definition) is 3. The normalized spacial score (nSPS) is 16.3. The number of carbonyl (C=O) groups is 1. The molecule has 0 bridgehead atoms. The number of nitrogens with zero attached hydrogens (tertiary/aromatic N) is 2. The van der Waals surface area contributed by atoms with Gasteiger partial charge in [-0.2, -0.15) is 5.10 Å². The lowest BCUT2D eigenvalue weighted by Gasteiger charge is -2.34. The van der Waals surface area contributed by atoms with Crippen LogP contribution in [-0.2, 0) is 0 Å². The van der Waals surface area contributed by atoms with Crippen LogP contribution in [0.4, 0.5) is 5.69 Å². The molecule has 3 aromatic rings. The summed E-state index contributed by atoms with van der Waals surface area (Å²) in [5, 5.41) is 10.5. The first-order valence-corrected chi connectivity index (χ1v) is 9.11. The summed E-state index contributed by atoms with van der Waals surface area (Å²) in [6.45, 7) is 0. The molecule has 27 heavy (non-hydrogen) atoms. The Labute approximate surface area is 167 Å². The van der Waals surface area contributed by atoms with Crippen molar-refractivity contribution in [1.82, 2.24) is 5.01 Å². The highest BCUT2D eigenvalue weighted by Crippen LogP contribution is 2.34. The molecule has 1 heterocycles. The van der Waals surface area contributed by atoms with Gasteiger partial charge in [-0.1, -0.05) is 59.6 Å². The minimum absolute atomic E-state index is 0.187. The van der Waals surface area contributed by atoms with Crippen LogP contribution in [0.2, 0.25) is 10.0 Å². The van der Waals surface area contributed by atoms with Crippen LogP contribution in [0.5, 0.6) is 0 Å². The van der Waals surface area contributed by atoms with Gasteiger partial charge in [-0.05, 0) is 47.5 Å². The molecule has 0 fully saturated rings. The molecule has 1 amide bonds. The molecular weight excluding hydrogens is 381 g/mol. The predicted molar refractivity (Wildman–Crippen MR) is 109 cm³/mol. The highest BCUT2D eigenvalue weighted by Gasteiger charge is 2.32. The first-order chi connectivity index (χ1) is 13.1. The van der Waals surface area contributed by atoms with Gasteiger partial charge in [0, 0.05) is 15.7 Å². The fourth-order valence-electron chi connectivity index (χ4n) is 2.98. The van der Waals surface area contributed by atoms with Gasteiger partial charge in [-0.25, -0.2) is 5.01 Å². The van der Waals surface area contributed by atoms with Gasteiger partial charge >= 0.3 is 0 Å². The molecule has 1 aliphatic rings. The molecule has 4 nitrogen and oxygen atoms in total. The summed E-state index contributed by atoms with van der Waals surface area (Å²) in [7, 11) is 0. The van der Waals surface area contributed by atoms with Gasteiger partial charge in [0.1, 0.15) is 0 Å². The Hall–Kier alpha value is -2.82. The number of hydrazone groups is 1. The number of hydrogen-bond donors (Lipinski definition) is 1. The number of fused-ring (bicyclic) bond motifs is 1. The molecule has 4 rings (SSSR count). The standard InChI is InChI=1S/C21H15Cl2N3O/c22-16-7-3-5-14(11-16)13-24-26-20(15-6-4-8-17(23)12-15)25-19-10-2-1-9-18(19)21(26)27/h1-13,20,25H/t20-/m0/s1. The van der Waals surface area contributed by atoms with Gasteiger partial charge in [0.15, 0.2) is 6.17 Å². The lowest BCUT2D eigenvalue weighted by Crippen LogP contribution is -2.39. The van der Waals surface area contributed by atoms with Crippen LogP contribution in [-0.4, -0.2) is 17.1 Å². The molecule has 134 valence electrons. The molecule has 0 aromatic heterocycles. The third kappa shape index (κ3) is 3.68. The lowest BCUT2D eigenvalue weighted by molar-refractivity contribution is 0.0691. The van der Waals surface area contributed by atoms with E-state index in [0.29, 0.717) is 15.6 Å². The van der Waals surface area contributed by atoms with Crippen LogP contribution in [0, 0.1) is 0 Å². The lowest BCUT2D eigenvalue weighted by atomic mass is 10.1. The van der Waals surface area contributed by atoms with Crippen molar-refractivity contribution in [3.05, 3.63) is 99.5 Å². The van der Waals surface area contributed by atoms with Crippen molar-refractivity contribution < 1.29 is 4.79 Å². The van der Waals surface area contributed by atoms with Crippen LogP contribution < -0.4 is 5.32 Å². The molecule has 1 atom stereocenters. The summed E-state index contributed by atoms with van der Waals surface area (Å²) >= 11 is 12.2. The highest BCUT2D eigenvalue weighted by molar-refractivity contribution is 6.31. The Kier molecular flexibility index (Phi) is 4.84. The van der Waals surface area contributed by atoms with Gasteiger partial charge in [0.05, 0.1) is 11.8 Å². The van der Waals surface area contributed by atoms with Crippen LogP contribution in [0.25, 0.3) is 0 Å². The predicted octanol–water partition coefficient (Wildman–Crippen LogP) is 5.59. The van der Waals surface area contributed by atoms with E-state index >= 15 is 0 Å². The van der Waals surface area contributed by atoms with Gasteiger partial charge in [-0.3, -0.25) is 4.79 Å². The number of para-hydroxylation sites is 1. The van der Waals surface area contributed by atoms with Crippen LogP contribution in [0.3, 0.4) is 0 Å². The van der Waals surface area contributed by atoms with E-state index in [1.165, 1.54) is 5.01 Å². The average Bonchev–Trinajstić information content (AvgIpc) is 2.67. The number of nitrogens with one attached hydrogen (secondary N) is 1. The van der Waals surface area contributed by atoms with Crippen LogP contribution in [0.15, 0.2) is 77.9 Å². The number of amides is 1. The van der Waals surface area contributed by atoms with Crippen molar-refractivity contribution in [3.8, 4) is 0 Å². The van der Waals surface area contributed by atoms with Crippen molar-refractivity contribution in [2.75, 3.05) is 5.32 Å². The molecule has 6 heteroatoms. The largest absolute Gasteiger partial charge is 0.359 e. The Balaban J connectivity index is 1.76. The molecule has 1 aliphatic heterocycles. The number of halogens is 2. The molecule has 0 saturated carbocycles.